The molecular weight excluding hydrogens is 214 g/mol. The van der Waals surface area contributed by atoms with E-state index in [2.05, 4.69) is 25.8 Å². The third kappa shape index (κ3) is 5.31. The maximum atomic E-state index is 9.86. The van der Waals surface area contributed by atoms with E-state index in [9.17, 15) is 5.11 Å². The van der Waals surface area contributed by atoms with E-state index in [1.807, 2.05) is 30.3 Å². The highest BCUT2D eigenvalue weighted by Crippen LogP contribution is 2.11. The Morgan fingerprint density at radius 3 is 2.47 bits per heavy atom. The second-order valence-electron chi connectivity index (χ2n) is 4.58. The van der Waals surface area contributed by atoms with Crippen LogP contribution in [0.2, 0.25) is 0 Å². The van der Waals surface area contributed by atoms with E-state index in [4.69, 9.17) is 4.74 Å². The molecule has 1 rings (SSSR count). The third-order valence-corrected chi connectivity index (χ3v) is 2.93. The number of aliphatic hydroxyl groups excluding tert-OH is 1. The summed E-state index contributed by atoms with van der Waals surface area (Å²) in [5.74, 6) is 0. The van der Waals surface area contributed by atoms with Crippen molar-refractivity contribution < 1.29 is 9.84 Å². The average molecular weight is 237 g/mol. The van der Waals surface area contributed by atoms with Crippen LogP contribution < -0.4 is 0 Å². The second kappa shape index (κ2) is 7.43. The Morgan fingerprint density at radius 1 is 1.24 bits per heavy atom. The zero-order valence-electron chi connectivity index (χ0n) is 11.0. The molecule has 0 bridgehead atoms. The molecule has 0 amide bonds. The summed E-state index contributed by atoms with van der Waals surface area (Å²) in [5, 5.41) is 9.86. The topological polar surface area (TPSA) is 32.7 Å². The molecule has 0 aliphatic carbocycles. The quantitative estimate of drug-likeness (QED) is 0.737. The van der Waals surface area contributed by atoms with E-state index >= 15 is 0 Å². The third-order valence-electron chi connectivity index (χ3n) is 2.93. The van der Waals surface area contributed by atoms with Gasteiger partial charge < -0.3 is 14.7 Å². The van der Waals surface area contributed by atoms with E-state index in [1.165, 1.54) is 0 Å². The number of benzene rings is 1. The minimum atomic E-state index is -0.527. The Labute approximate surface area is 104 Å². The highest BCUT2D eigenvalue weighted by atomic mass is 16.5. The van der Waals surface area contributed by atoms with Gasteiger partial charge in [0.25, 0.3) is 0 Å². The predicted molar refractivity (Wildman–Crippen MR) is 70.0 cm³/mol. The van der Waals surface area contributed by atoms with Crippen LogP contribution in [0.4, 0.5) is 0 Å². The summed E-state index contributed by atoms with van der Waals surface area (Å²) in [5.41, 5.74) is 0.907. The zero-order chi connectivity index (χ0) is 12.7. The maximum absolute atomic E-state index is 9.86. The monoisotopic (exact) mass is 237 g/mol. The van der Waals surface area contributed by atoms with Crippen molar-refractivity contribution in [3.05, 3.63) is 35.9 Å². The molecule has 0 saturated heterocycles. The molecule has 1 N–H and O–H groups in total. The number of hydrogen-bond acceptors (Lipinski definition) is 3. The van der Waals surface area contributed by atoms with Crippen LogP contribution in [-0.2, 0) is 4.74 Å². The molecule has 0 aromatic heterocycles. The van der Waals surface area contributed by atoms with Crippen molar-refractivity contribution in [2.75, 3.05) is 26.8 Å². The molecule has 3 heteroatoms. The summed E-state index contributed by atoms with van der Waals surface area (Å²) in [4.78, 5) is 2.22. The van der Waals surface area contributed by atoms with Gasteiger partial charge in [-0.25, -0.2) is 0 Å². The van der Waals surface area contributed by atoms with Crippen LogP contribution in [-0.4, -0.2) is 42.9 Å². The lowest BCUT2D eigenvalue weighted by atomic mass is 10.1. The molecule has 17 heavy (non-hydrogen) atoms. The van der Waals surface area contributed by atoms with E-state index in [0.29, 0.717) is 19.3 Å². The fourth-order valence-corrected chi connectivity index (χ4v) is 1.43. The van der Waals surface area contributed by atoms with Gasteiger partial charge in [0.2, 0.25) is 0 Å². The van der Waals surface area contributed by atoms with Gasteiger partial charge in [-0.1, -0.05) is 30.3 Å². The number of likely N-dealkylation sites (N-methyl/N-ethyl adjacent to an activating group) is 1. The lowest BCUT2D eigenvalue weighted by Crippen LogP contribution is -2.30. The van der Waals surface area contributed by atoms with Crippen LogP contribution in [0.3, 0.4) is 0 Å². The Kier molecular flexibility index (Phi) is 6.19. The van der Waals surface area contributed by atoms with Crippen molar-refractivity contribution in [3.63, 3.8) is 0 Å². The fraction of sp³-hybridized carbons (Fsp3) is 0.571. The van der Waals surface area contributed by atoms with Gasteiger partial charge in [-0.2, -0.15) is 0 Å². The fourth-order valence-electron chi connectivity index (χ4n) is 1.43. The van der Waals surface area contributed by atoms with Gasteiger partial charge in [-0.3, -0.25) is 0 Å². The highest BCUT2D eigenvalue weighted by Gasteiger charge is 2.07. The smallest absolute Gasteiger partial charge is 0.102 e. The van der Waals surface area contributed by atoms with E-state index in [-0.39, 0.29) is 0 Å². The zero-order valence-corrected chi connectivity index (χ0v) is 11.0. The van der Waals surface area contributed by atoms with E-state index < -0.39 is 6.10 Å². The first-order chi connectivity index (χ1) is 8.11. The molecule has 96 valence electrons. The Morgan fingerprint density at radius 2 is 1.88 bits per heavy atom. The van der Waals surface area contributed by atoms with Crippen molar-refractivity contribution in [1.29, 1.82) is 0 Å². The van der Waals surface area contributed by atoms with Crippen molar-refractivity contribution in [3.8, 4) is 0 Å². The van der Waals surface area contributed by atoms with Gasteiger partial charge in [0.05, 0.1) is 13.2 Å². The van der Waals surface area contributed by atoms with E-state index in [0.717, 1.165) is 12.1 Å². The second-order valence-corrected chi connectivity index (χ2v) is 4.58. The first-order valence-corrected chi connectivity index (χ1v) is 6.12. The van der Waals surface area contributed by atoms with Crippen LogP contribution in [0, 0.1) is 0 Å². The SMILES string of the molecule is CC(C)N(C)CCOCC(O)c1ccccc1. The number of nitrogens with zero attached hydrogens (tertiary/aromatic N) is 1. The summed E-state index contributed by atoms with van der Waals surface area (Å²) in [6, 6.07) is 10.1. The van der Waals surface area contributed by atoms with E-state index in [1.54, 1.807) is 0 Å². The van der Waals surface area contributed by atoms with Crippen LogP contribution in [0.1, 0.15) is 25.5 Å². The molecule has 0 saturated carbocycles. The summed E-state index contributed by atoms with van der Waals surface area (Å²) < 4.78 is 5.48. The van der Waals surface area contributed by atoms with Crippen molar-refractivity contribution >= 4 is 0 Å². The summed E-state index contributed by atoms with van der Waals surface area (Å²) in [7, 11) is 2.07. The summed E-state index contributed by atoms with van der Waals surface area (Å²) in [6.07, 6.45) is -0.527. The van der Waals surface area contributed by atoms with Crippen LogP contribution in [0.5, 0.6) is 0 Å². The molecule has 0 radical (unpaired) electrons. The normalized spacial score (nSPS) is 13.3. The summed E-state index contributed by atoms with van der Waals surface area (Å²) >= 11 is 0. The Balaban J connectivity index is 2.19. The first kappa shape index (κ1) is 14.2. The molecule has 0 spiro atoms. The molecule has 0 aliphatic heterocycles. The van der Waals surface area contributed by atoms with Gasteiger partial charge >= 0.3 is 0 Å². The molecule has 1 atom stereocenters. The minimum absolute atomic E-state index is 0.357. The largest absolute Gasteiger partial charge is 0.386 e. The average Bonchev–Trinajstić information content (AvgIpc) is 2.35. The molecule has 0 fully saturated rings. The number of aliphatic hydroxyl groups is 1. The molecule has 1 unspecified atom stereocenters. The first-order valence-electron chi connectivity index (χ1n) is 6.12. The van der Waals surface area contributed by atoms with Gasteiger partial charge in [-0.05, 0) is 26.5 Å². The highest BCUT2D eigenvalue weighted by molar-refractivity contribution is 5.17. The molecule has 0 heterocycles. The predicted octanol–water partition coefficient (Wildman–Crippen LogP) is 2.08. The standard InChI is InChI=1S/C14H23NO2/c1-12(2)15(3)9-10-17-11-14(16)13-7-5-4-6-8-13/h4-8,12,14,16H,9-11H2,1-3H3. The van der Waals surface area contributed by atoms with Crippen molar-refractivity contribution in [1.82, 2.24) is 4.90 Å². The molecule has 3 nitrogen and oxygen atoms in total. The Hall–Kier alpha value is -0.900. The van der Waals surface area contributed by atoms with Gasteiger partial charge in [0, 0.05) is 12.6 Å². The van der Waals surface area contributed by atoms with Crippen LogP contribution in [0.15, 0.2) is 30.3 Å². The number of ether oxygens (including phenoxy) is 1. The van der Waals surface area contributed by atoms with Crippen molar-refractivity contribution in [2.24, 2.45) is 0 Å². The van der Waals surface area contributed by atoms with Gasteiger partial charge in [0.15, 0.2) is 0 Å². The molecular formula is C14H23NO2. The molecule has 1 aromatic rings. The van der Waals surface area contributed by atoms with Crippen molar-refractivity contribution in [2.45, 2.75) is 26.0 Å². The van der Waals surface area contributed by atoms with Crippen LogP contribution in [0.25, 0.3) is 0 Å². The van der Waals surface area contributed by atoms with Crippen LogP contribution >= 0.6 is 0 Å². The lowest BCUT2D eigenvalue weighted by Gasteiger charge is -2.21. The van der Waals surface area contributed by atoms with Gasteiger partial charge in [-0.15, -0.1) is 0 Å². The minimum Gasteiger partial charge on any atom is -0.386 e. The maximum Gasteiger partial charge on any atom is 0.102 e. The number of rotatable bonds is 7. The molecule has 0 aliphatic rings. The summed E-state index contributed by atoms with van der Waals surface area (Å²) in [6.45, 7) is 6.20. The van der Waals surface area contributed by atoms with Gasteiger partial charge in [0.1, 0.15) is 6.10 Å². The molecule has 1 aromatic carbocycles. The Bertz CT molecular complexity index is 300. The number of hydrogen-bond donors (Lipinski definition) is 1. The lowest BCUT2D eigenvalue weighted by molar-refractivity contribution is 0.0263.